The van der Waals surface area contributed by atoms with Crippen molar-refractivity contribution in [3.63, 3.8) is 0 Å². The fourth-order valence-electron chi connectivity index (χ4n) is 2.47. The van der Waals surface area contributed by atoms with Gasteiger partial charge in [0.1, 0.15) is 5.82 Å². The number of carbonyl (C=O) groups is 2. The van der Waals surface area contributed by atoms with Crippen molar-refractivity contribution in [3.05, 3.63) is 69.5 Å². The Morgan fingerprint density at radius 1 is 1.20 bits per heavy atom. The molecule has 0 unspecified atom stereocenters. The summed E-state index contributed by atoms with van der Waals surface area (Å²) in [4.78, 5) is 35.2. The minimum absolute atomic E-state index is 0.0708. The smallest absolute Gasteiger partial charge is 0.341 e. The van der Waals surface area contributed by atoms with Gasteiger partial charge in [0.05, 0.1) is 17.1 Å². The Labute approximate surface area is 172 Å². The number of nitrogens with zero attached hydrogens (tertiary/aromatic N) is 1. The van der Waals surface area contributed by atoms with Crippen molar-refractivity contribution in [2.24, 2.45) is 0 Å². The molecule has 2 aromatic carbocycles. The number of nitro groups is 1. The van der Waals surface area contributed by atoms with Gasteiger partial charge >= 0.3 is 5.97 Å². The van der Waals surface area contributed by atoms with Crippen LogP contribution < -0.4 is 10.6 Å². The van der Waals surface area contributed by atoms with Crippen molar-refractivity contribution in [2.75, 3.05) is 25.6 Å². The highest BCUT2D eigenvalue weighted by atomic mass is 19.1. The normalized spacial score (nSPS) is 11.4. The Morgan fingerprint density at radius 2 is 1.90 bits per heavy atom. The van der Waals surface area contributed by atoms with Crippen molar-refractivity contribution >= 4 is 23.3 Å². The van der Waals surface area contributed by atoms with Crippen molar-refractivity contribution in [3.8, 4) is 0 Å². The second kappa shape index (κ2) is 10.9. The second-order valence-corrected chi connectivity index (χ2v) is 6.30. The van der Waals surface area contributed by atoms with Crippen LogP contribution in [0.5, 0.6) is 0 Å². The van der Waals surface area contributed by atoms with Crippen LogP contribution in [-0.2, 0) is 20.8 Å². The Kier molecular flexibility index (Phi) is 8.24. The first-order chi connectivity index (χ1) is 14.3. The molecule has 30 heavy (non-hydrogen) atoms. The molecule has 0 saturated carbocycles. The number of nitrogens with one attached hydrogen (secondary N) is 2. The van der Waals surface area contributed by atoms with Crippen LogP contribution in [0.4, 0.5) is 15.8 Å². The van der Waals surface area contributed by atoms with Gasteiger partial charge < -0.3 is 20.1 Å². The van der Waals surface area contributed by atoms with Gasteiger partial charge in [-0.3, -0.25) is 14.9 Å². The third-order valence-corrected chi connectivity index (χ3v) is 4.09. The highest BCUT2D eigenvalue weighted by molar-refractivity contribution is 5.98. The predicted octanol–water partition coefficient (Wildman–Crippen LogP) is 2.65. The fourth-order valence-corrected chi connectivity index (χ4v) is 2.47. The first kappa shape index (κ1) is 22.8. The van der Waals surface area contributed by atoms with Gasteiger partial charge in [-0.25, -0.2) is 9.18 Å². The molecule has 1 atom stereocenters. The number of carbonyl (C=O) groups excluding carboxylic acids is 2. The third-order valence-electron chi connectivity index (χ3n) is 4.09. The summed E-state index contributed by atoms with van der Waals surface area (Å²) in [5.41, 5.74) is 0.638. The molecule has 10 heteroatoms. The Hall–Kier alpha value is -3.53. The van der Waals surface area contributed by atoms with Crippen molar-refractivity contribution in [2.45, 2.75) is 19.6 Å². The molecule has 0 radical (unpaired) electrons. The highest BCUT2D eigenvalue weighted by Gasteiger charge is 2.23. The third kappa shape index (κ3) is 6.52. The summed E-state index contributed by atoms with van der Waals surface area (Å²) in [6.07, 6.45) is -1.15. The zero-order valence-corrected chi connectivity index (χ0v) is 16.5. The molecule has 0 aliphatic rings. The molecule has 0 spiro atoms. The molecular formula is C20H22FN3O6. The second-order valence-electron chi connectivity index (χ2n) is 6.30. The van der Waals surface area contributed by atoms with Gasteiger partial charge in [0.15, 0.2) is 6.10 Å². The number of nitro benzene ring substituents is 1. The molecule has 0 aromatic heterocycles. The fraction of sp³-hybridized carbons (Fsp3) is 0.300. The van der Waals surface area contributed by atoms with Gasteiger partial charge in [-0.15, -0.1) is 0 Å². The van der Waals surface area contributed by atoms with E-state index in [-0.39, 0.29) is 23.6 Å². The standard InChI is InChI=1S/C20H22FN3O6/c1-13(19(25)23-12-14-3-5-15(21)6-4-14)30-20(26)17-11-16(24(27)28)7-8-18(17)22-9-10-29-2/h3-8,11,13,22H,9-10,12H2,1-2H3,(H,23,25)/t13-/m1/s1. The van der Waals surface area contributed by atoms with Crippen LogP contribution >= 0.6 is 0 Å². The van der Waals surface area contributed by atoms with Crippen LogP contribution in [0, 0.1) is 15.9 Å². The van der Waals surface area contributed by atoms with E-state index >= 15 is 0 Å². The van der Waals surface area contributed by atoms with Gasteiger partial charge in [-0.05, 0) is 30.7 Å². The molecule has 0 aliphatic carbocycles. The number of esters is 1. The molecule has 0 aliphatic heterocycles. The number of rotatable bonds is 10. The highest BCUT2D eigenvalue weighted by Crippen LogP contribution is 2.23. The molecule has 0 saturated heterocycles. The molecule has 0 heterocycles. The number of anilines is 1. The van der Waals surface area contributed by atoms with E-state index in [1.54, 1.807) is 0 Å². The van der Waals surface area contributed by atoms with Gasteiger partial charge in [-0.1, -0.05) is 12.1 Å². The lowest BCUT2D eigenvalue weighted by atomic mass is 10.1. The van der Waals surface area contributed by atoms with Crippen LogP contribution in [0.1, 0.15) is 22.8 Å². The molecular weight excluding hydrogens is 397 g/mol. The van der Waals surface area contributed by atoms with E-state index < -0.39 is 22.9 Å². The molecule has 9 nitrogen and oxygen atoms in total. The molecule has 2 rings (SSSR count). The van der Waals surface area contributed by atoms with E-state index in [0.29, 0.717) is 24.4 Å². The summed E-state index contributed by atoms with van der Waals surface area (Å²) in [6.45, 7) is 2.23. The number of ether oxygens (including phenoxy) is 2. The van der Waals surface area contributed by atoms with E-state index in [0.717, 1.165) is 6.07 Å². The molecule has 1 amide bonds. The Bertz CT molecular complexity index is 904. The summed E-state index contributed by atoms with van der Waals surface area (Å²) >= 11 is 0. The van der Waals surface area contributed by atoms with Crippen molar-refractivity contribution < 1.29 is 28.4 Å². The van der Waals surface area contributed by atoms with Gasteiger partial charge in [0, 0.05) is 38.0 Å². The first-order valence-electron chi connectivity index (χ1n) is 9.06. The van der Waals surface area contributed by atoms with E-state index in [9.17, 15) is 24.1 Å². The number of amides is 1. The molecule has 2 aromatic rings. The monoisotopic (exact) mass is 419 g/mol. The van der Waals surface area contributed by atoms with E-state index in [1.807, 2.05) is 0 Å². The van der Waals surface area contributed by atoms with Crippen molar-refractivity contribution in [1.29, 1.82) is 0 Å². The SMILES string of the molecule is COCCNc1ccc([N+](=O)[O-])cc1C(=O)O[C@H](C)C(=O)NCc1ccc(F)cc1. The maximum Gasteiger partial charge on any atom is 0.341 e. The number of hydrogen-bond donors (Lipinski definition) is 2. The molecule has 2 N–H and O–H groups in total. The predicted molar refractivity (Wildman–Crippen MR) is 107 cm³/mol. The number of methoxy groups -OCH3 is 1. The summed E-state index contributed by atoms with van der Waals surface area (Å²) in [7, 11) is 1.51. The first-order valence-corrected chi connectivity index (χ1v) is 9.06. The van der Waals surface area contributed by atoms with Crippen LogP contribution in [0.2, 0.25) is 0 Å². The summed E-state index contributed by atoms with van der Waals surface area (Å²) in [6, 6.07) is 9.31. The summed E-state index contributed by atoms with van der Waals surface area (Å²) in [5, 5.41) is 16.6. The zero-order chi connectivity index (χ0) is 22.1. The minimum Gasteiger partial charge on any atom is -0.449 e. The number of non-ortho nitro benzene ring substituents is 1. The largest absolute Gasteiger partial charge is 0.449 e. The van der Waals surface area contributed by atoms with Crippen LogP contribution in [0.3, 0.4) is 0 Å². The average Bonchev–Trinajstić information content (AvgIpc) is 2.73. The Balaban J connectivity index is 2.04. The maximum atomic E-state index is 12.9. The lowest BCUT2D eigenvalue weighted by Gasteiger charge is -2.16. The Morgan fingerprint density at radius 3 is 2.53 bits per heavy atom. The number of halogens is 1. The number of benzene rings is 2. The van der Waals surface area contributed by atoms with E-state index in [1.165, 1.54) is 50.4 Å². The quantitative estimate of drug-likeness (QED) is 0.263. The molecule has 0 fully saturated rings. The lowest BCUT2D eigenvalue weighted by Crippen LogP contribution is -2.35. The summed E-state index contributed by atoms with van der Waals surface area (Å²) < 4.78 is 23.0. The number of hydrogen-bond acceptors (Lipinski definition) is 7. The summed E-state index contributed by atoms with van der Waals surface area (Å²) in [5.74, 6) is -1.84. The average molecular weight is 419 g/mol. The van der Waals surface area contributed by atoms with Crippen LogP contribution in [0.15, 0.2) is 42.5 Å². The van der Waals surface area contributed by atoms with Crippen LogP contribution in [-0.4, -0.2) is 43.2 Å². The lowest BCUT2D eigenvalue weighted by molar-refractivity contribution is -0.384. The molecule has 160 valence electrons. The zero-order valence-electron chi connectivity index (χ0n) is 16.5. The van der Waals surface area contributed by atoms with Gasteiger partial charge in [0.25, 0.3) is 11.6 Å². The van der Waals surface area contributed by atoms with Crippen molar-refractivity contribution in [1.82, 2.24) is 5.32 Å². The topological polar surface area (TPSA) is 120 Å². The maximum absolute atomic E-state index is 12.9. The van der Waals surface area contributed by atoms with E-state index in [4.69, 9.17) is 9.47 Å². The van der Waals surface area contributed by atoms with Gasteiger partial charge in [-0.2, -0.15) is 0 Å². The van der Waals surface area contributed by atoms with Gasteiger partial charge in [0.2, 0.25) is 0 Å². The molecule has 0 bridgehead atoms. The minimum atomic E-state index is -1.15. The van der Waals surface area contributed by atoms with E-state index in [2.05, 4.69) is 10.6 Å². The van der Waals surface area contributed by atoms with Crippen LogP contribution in [0.25, 0.3) is 0 Å².